The molecule has 0 atom stereocenters. The molecule has 2 heterocycles. The lowest BCUT2D eigenvalue weighted by molar-refractivity contribution is -0.121. The second-order valence-electron chi connectivity index (χ2n) is 7.37. The van der Waals surface area contributed by atoms with Crippen LogP contribution in [-0.4, -0.2) is 39.3 Å². The third-order valence-electron chi connectivity index (χ3n) is 4.92. The summed E-state index contributed by atoms with van der Waals surface area (Å²) in [5.74, 6) is -0.280. The van der Waals surface area contributed by atoms with Crippen molar-refractivity contribution >= 4 is 57.2 Å². The Hall–Kier alpha value is -2.68. The average Bonchev–Trinajstić information content (AvgIpc) is 3.53. The van der Waals surface area contributed by atoms with Crippen molar-refractivity contribution in [1.82, 2.24) is 20.2 Å². The molecule has 1 fully saturated rings. The van der Waals surface area contributed by atoms with E-state index >= 15 is 0 Å². The highest BCUT2D eigenvalue weighted by Gasteiger charge is 2.34. The largest absolute Gasteiger partial charge is 0.350 e. The second kappa shape index (κ2) is 10.3. The molecule has 7 nitrogen and oxygen atoms in total. The number of amides is 2. The summed E-state index contributed by atoms with van der Waals surface area (Å²) in [6.45, 7) is 0.720. The lowest BCUT2D eigenvalue weighted by Crippen LogP contribution is -2.37. The molecular formula is C22H21Cl2N5O2S. The van der Waals surface area contributed by atoms with Crippen molar-refractivity contribution in [3.8, 4) is 0 Å². The maximum absolute atomic E-state index is 13.0. The van der Waals surface area contributed by atoms with Crippen molar-refractivity contribution in [3.05, 3.63) is 69.4 Å². The van der Waals surface area contributed by atoms with E-state index in [1.54, 1.807) is 34.7 Å². The van der Waals surface area contributed by atoms with Gasteiger partial charge in [0.2, 0.25) is 5.91 Å². The Balaban J connectivity index is 1.33. The SMILES string of the molecule is O=C(CCN(C(=O)c1csc(Nc2ccc(Cl)c(Cl)c2)n1)C1CC1)NCc1ccccn1. The Kier molecular flexibility index (Phi) is 7.24. The number of thiazole rings is 1. The first-order valence-electron chi connectivity index (χ1n) is 10.1. The van der Waals surface area contributed by atoms with Gasteiger partial charge >= 0.3 is 0 Å². The van der Waals surface area contributed by atoms with E-state index in [0.717, 1.165) is 24.2 Å². The molecule has 1 aromatic carbocycles. The Morgan fingerprint density at radius 3 is 2.72 bits per heavy atom. The van der Waals surface area contributed by atoms with Crippen molar-refractivity contribution in [3.63, 3.8) is 0 Å². The van der Waals surface area contributed by atoms with Gasteiger partial charge < -0.3 is 15.5 Å². The van der Waals surface area contributed by atoms with Crippen LogP contribution in [0, 0.1) is 0 Å². The van der Waals surface area contributed by atoms with Crippen LogP contribution < -0.4 is 10.6 Å². The van der Waals surface area contributed by atoms with E-state index in [4.69, 9.17) is 23.2 Å². The van der Waals surface area contributed by atoms with Crippen LogP contribution in [0.2, 0.25) is 10.0 Å². The van der Waals surface area contributed by atoms with Gasteiger partial charge in [0.1, 0.15) is 5.69 Å². The molecule has 3 aromatic rings. The van der Waals surface area contributed by atoms with Gasteiger partial charge in [0.15, 0.2) is 5.13 Å². The summed E-state index contributed by atoms with van der Waals surface area (Å²) in [7, 11) is 0. The third-order valence-corrected chi connectivity index (χ3v) is 6.41. The Morgan fingerprint density at radius 1 is 1.16 bits per heavy atom. The summed E-state index contributed by atoms with van der Waals surface area (Å²) in [5.41, 5.74) is 1.88. The maximum atomic E-state index is 13.0. The van der Waals surface area contributed by atoms with E-state index in [9.17, 15) is 9.59 Å². The summed E-state index contributed by atoms with van der Waals surface area (Å²) in [6.07, 6.45) is 3.81. The molecule has 0 radical (unpaired) electrons. The first kappa shape index (κ1) is 22.5. The highest BCUT2D eigenvalue weighted by atomic mass is 35.5. The number of nitrogens with one attached hydrogen (secondary N) is 2. The van der Waals surface area contributed by atoms with Crippen LogP contribution in [0.25, 0.3) is 0 Å². The molecule has 2 aromatic heterocycles. The summed E-state index contributed by atoms with van der Waals surface area (Å²) < 4.78 is 0. The fourth-order valence-electron chi connectivity index (χ4n) is 3.11. The number of carbonyl (C=O) groups is 2. The fraction of sp³-hybridized carbons (Fsp3) is 0.273. The zero-order valence-corrected chi connectivity index (χ0v) is 19.4. The number of halogens is 2. The molecule has 1 aliphatic carbocycles. The minimum atomic E-state index is -0.163. The van der Waals surface area contributed by atoms with Crippen LogP contribution in [0.5, 0.6) is 0 Å². The highest BCUT2D eigenvalue weighted by molar-refractivity contribution is 7.14. The monoisotopic (exact) mass is 489 g/mol. The van der Waals surface area contributed by atoms with Crippen molar-refractivity contribution < 1.29 is 9.59 Å². The smallest absolute Gasteiger partial charge is 0.273 e. The van der Waals surface area contributed by atoms with Gasteiger partial charge in [-0.1, -0.05) is 29.3 Å². The normalized spacial score (nSPS) is 12.9. The van der Waals surface area contributed by atoms with Crippen molar-refractivity contribution in [2.75, 3.05) is 11.9 Å². The van der Waals surface area contributed by atoms with Crippen LogP contribution in [0.15, 0.2) is 48.0 Å². The van der Waals surface area contributed by atoms with Crippen molar-refractivity contribution in [1.29, 1.82) is 0 Å². The van der Waals surface area contributed by atoms with Gasteiger partial charge in [0.05, 0.1) is 22.3 Å². The number of aromatic nitrogens is 2. The molecule has 10 heteroatoms. The summed E-state index contributed by atoms with van der Waals surface area (Å²) in [6, 6.07) is 10.9. The third kappa shape index (κ3) is 5.97. The molecule has 0 bridgehead atoms. The van der Waals surface area contributed by atoms with Gasteiger partial charge in [-0.05, 0) is 43.2 Å². The Labute approximate surface area is 199 Å². The highest BCUT2D eigenvalue weighted by Crippen LogP contribution is 2.31. The number of pyridine rings is 1. The van der Waals surface area contributed by atoms with E-state index in [1.807, 2.05) is 18.2 Å². The molecule has 2 N–H and O–H groups in total. The summed E-state index contributed by atoms with van der Waals surface area (Å²) >= 11 is 13.3. The van der Waals surface area contributed by atoms with Gasteiger partial charge in [-0.2, -0.15) is 0 Å². The van der Waals surface area contributed by atoms with Crippen molar-refractivity contribution in [2.45, 2.75) is 31.8 Å². The van der Waals surface area contributed by atoms with Crippen molar-refractivity contribution in [2.24, 2.45) is 0 Å². The topological polar surface area (TPSA) is 87.2 Å². The van der Waals surface area contributed by atoms with Crippen LogP contribution in [0.1, 0.15) is 35.4 Å². The zero-order chi connectivity index (χ0) is 22.5. The molecule has 166 valence electrons. The minimum absolute atomic E-state index is 0.116. The number of carbonyl (C=O) groups excluding carboxylic acids is 2. The first-order valence-corrected chi connectivity index (χ1v) is 11.8. The maximum Gasteiger partial charge on any atom is 0.273 e. The summed E-state index contributed by atoms with van der Waals surface area (Å²) in [4.78, 5) is 35.7. The van der Waals surface area contributed by atoms with E-state index in [1.165, 1.54) is 11.3 Å². The van der Waals surface area contributed by atoms with Gasteiger partial charge in [0.25, 0.3) is 5.91 Å². The number of rotatable bonds is 9. The van der Waals surface area contributed by atoms with Gasteiger partial charge in [0, 0.05) is 36.3 Å². The summed E-state index contributed by atoms with van der Waals surface area (Å²) in [5, 5.41) is 9.19. The van der Waals surface area contributed by atoms with E-state index in [2.05, 4.69) is 20.6 Å². The number of benzene rings is 1. The molecule has 0 saturated heterocycles. The molecule has 0 unspecified atom stereocenters. The molecule has 1 aliphatic rings. The predicted octanol–water partition coefficient (Wildman–Crippen LogP) is 4.90. The number of nitrogens with zero attached hydrogens (tertiary/aromatic N) is 3. The lowest BCUT2D eigenvalue weighted by Gasteiger charge is -2.21. The number of hydrogen-bond donors (Lipinski definition) is 2. The van der Waals surface area contributed by atoms with Crippen LogP contribution in [-0.2, 0) is 11.3 Å². The van der Waals surface area contributed by atoms with E-state index in [0.29, 0.717) is 34.0 Å². The molecule has 32 heavy (non-hydrogen) atoms. The van der Waals surface area contributed by atoms with Crippen LogP contribution in [0.3, 0.4) is 0 Å². The zero-order valence-electron chi connectivity index (χ0n) is 17.1. The van der Waals surface area contributed by atoms with Gasteiger partial charge in [-0.3, -0.25) is 14.6 Å². The van der Waals surface area contributed by atoms with E-state index < -0.39 is 0 Å². The van der Waals surface area contributed by atoms with Gasteiger partial charge in [-0.25, -0.2) is 4.98 Å². The van der Waals surface area contributed by atoms with Crippen LogP contribution >= 0.6 is 34.5 Å². The van der Waals surface area contributed by atoms with Gasteiger partial charge in [-0.15, -0.1) is 11.3 Å². The fourth-order valence-corrected chi connectivity index (χ4v) is 4.11. The molecule has 1 saturated carbocycles. The molecule has 0 aliphatic heterocycles. The quantitative estimate of drug-likeness (QED) is 0.446. The molecule has 4 rings (SSSR count). The Bertz CT molecular complexity index is 1100. The standard InChI is InChI=1S/C22H21Cl2N5O2S/c23-17-7-4-14(11-18(17)24)27-22-28-19(13-32-22)21(31)29(16-5-6-16)10-8-20(30)26-12-15-3-1-2-9-25-15/h1-4,7,9,11,13,16H,5-6,8,10,12H2,(H,26,30)(H,27,28). The molecular weight excluding hydrogens is 469 g/mol. The Morgan fingerprint density at radius 2 is 2.00 bits per heavy atom. The lowest BCUT2D eigenvalue weighted by atomic mass is 10.3. The molecule has 0 spiro atoms. The number of hydrogen-bond acceptors (Lipinski definition) is 6. The second-order valence-corrected chi connectivity index (χ2v) is 9.04. The van der Waals surface area contributed by atoms with E-state index in [-0.39, 0.29) is 24.3 Å². The average molecular weight is 490 g/mol. The van der Waals surface area contributed by atoms with Crippen LogP contribution in [0.4, 0.5) is 10.8 Å². The molecule has 2 amide bonds. The minimum Gasteiger partial charge on any atom is -0.350 e. The number of anilines is 2. The first-order chi connectivity index (χ1) is 15.5. The predicted molar refractivity (Wildman–Crippen MR) is 127 cm³/mol.